The van der Waals surface area contributed by atoms with Crippen LogP contribution in [0.4, 0.5) is 0 Å². The first-order chi connectivity index (χ1) is 13.3. The molecule has 1 aromatic carbocycles. The number of unbranched alkanes of at least 4 members (excludes halogenated alkanes) is 1. The highest BCUT2D eigenvalue weighted by molar-refractivity contribution is 5.84. The Kier molecular flexibility index (Phi) is 7.61. The molecular weight excluding hydrogens is 362 g/mol. The first-order valence-corrected chi connectivity index (χ1v) is 9.55. The molecule has 1 N–H and O–H groups in total. The van der Waals surface area contributed by atoms with Crippen molar-refractivity contribution in [1.82, 2.24) is 5.32 Å². The van der Waals surface area contributed by atoms with Crippen LogP contribution in [0.5, 0.6) is 5.75 Å². The predicted molar refractivity (Wildman–Crippen MR) is 103 cm³/mol. The lowest BCUT2D eigenvalue weighted by molar-refractivity contribution is -0.309. The summed E-state index contributed by atoms with van der Waals surface area (Å²) in [6.45, 7) is 5.28. The lowest BCUT2D eigenvalue weighted by atomic mass is 9.99. The normalized spacial score (nSPS) is 13.1. The Morgan fingerprint density at radius 3 is 2.64 bits per heavy atom. The Hall–Kier alpha value is -2.83. The van der Waals surface area contributed by atoms with Gasteiger partial charge in [0.15, 0.2) is 6.61 Å². The number of carboxylic acids is 1. The van der Waals surface area contributed by atoms with Gasteiger partial charge in [-0.1, -0.05) is 33.6 Å². The molecule has 0 saturated carbocycles. The van der Waals surface area contributed by atoms with Gasteiger partial charge >= 0.3 is 5.63 Å². The molecule has 2 rings (SSSR count). The minimum atomic E-state index is -1.32. The SMILES string of the molecule is CCCCc1cc(=O)oc2cc(OCC(=O)N[C@H](C(=O)[O-])[C@@H](C)CC)ccc12. The maximum absolute atomic E-state index is 12.0. The molecule has 0 spiro atoms. The zero-order valence-corrected chi connectivity index (χ0v) is 16.4. The molecule has 0 aliphatic rings. The summed E-state index contributed by atoms with van der Waals surface area (Å²) in [6, 6.07) is 5.47. The number of nitrogens with one attached hydrogen (secondary N) is 1. The molecule has 0 unspecified atom stereocenters. The summed E-state index contributed by atoms with van der Waals surface area (Å²) >= 11 is 0. The number of aliphatic carboxylic acids is 1. The van der Waals surface area contributed by atoms with Gasteiger partial charge in [0.2, 0.25) is 0 Å². The highest BCUT2D eigenvalue weighted by atomic mass is 16.5. The van der Waals surface area contributed by atoms with Gasteiger partial charge in [0.25, 0.3) is 5.91 Å². The summed E-state index contributed by atoms with van der Waals surface area (Å²) < 4.78 is 10.7. The van der Waals surface area contributed by atoms with Crippen LogP contribution >= 0.6 is 0 Å². The van der Waals surface area contributed by atoms with Crippen LogP contribution in [0.1, 0.15) is 45.6 Å². The van der Waals surface area contributed by atoms with Gasteiger partial charge in [-0.2, -0.15) is 0 Å². The second-order valence-electron chi connectivity index (χ2n) is 6.89. The van der Waals surface area contributed by atoms with Crippen LogP contribution in [0.3, 0.4) is 0 Å². The van der Waals surface area contributed by atoms with Gasteiger partial charge in [-0.25, -0.2) is 4.79 Å². The molecule has 1 heterocycles. The molecule has 1 aromatic heterocycles. The highest BCUT2D eigenvalue weighted by Gasteiger charge is 2.19. The average Bonchev–Trinajstić information content (AvgIpc) is 2.67. The molecule has 0 aliphatic heterocycles. The van der Waals surface area contributed by atoms with Crippen molar-refractivity contribution in [3.05, 3.63) is 40.2 Å². The third-order valence-corrected chi connectivity index (χ3v) is 4.75. The van der Waals surface area contributed by atoms with Crippen molar-refractivity contribution >= 4 is 22.8 Å². The van der Waals surface area contributed by atoms with Gasteiger partial charge in [0.05, 0.1) is 12.0 Å². The summed E-state index contributed by atoms with van der Waals surface area (Å²) in [4.78, 5) is 35.0. The van der Waals surface area contributed by atoms with Crippen molar-refractivity contribution in [2.45, 2.75) is 52.5 Å². The van der Waals surface area contributed by atoms with Gasteiger partial charge in [-0.15, -0.1) is 0 Å². The summed E-state index contributed by atoms with van der Waals surface area (Å²) in [5.74, 6) is -1.79. The van der Waals surface area contributed by atoms with E-state index in [0.717, 1.165) is 30.2 Å². The van der Waals surface area contributed by atoms with E-state index in [2.05, 4.69) is 12.2 Å². The number of carbonyl (C=O) groups excluding carboxylic acids is 2. The van der Waals surface area contributed by atoms with E-state index in [0.29, 0.717) is 17.8 Å². The fourth-order valence-corrected chi connectivity index (χ4v) is 2.91. The number of carbonyl (C=O) groups is 2. The van der Waals surface area contributed by atoms with E-state index < -0.39 is 23.5 Å². The molecule has 0 saturated heterocycles. The standard InChI is InChI=1S/C21H27NO6/c1-4-6-7-14-10-19(24)28-17-11-15(8-9-16(14)17)27-12-18(23)22-20(21(25)26)13(3)5-2/h8-11,13,20H,4-7,12H2,1-3H3,(H,22,23)(H,25,26)/p-1/t13-,20-/m0/s1. The number of amides is 1. The number of hydrogen-bond acceptors (Lipinski definition) is 6. The second kappa shape index (κ2) is 9.92. The molecule has 0 aliphatic carbocycles. The summed E-state index contributed by atoms with van der Waals surface area (Å²) in [5, 5.41) is 14.4. The van der Waals surface area contributed by atoms with Crippen molar-refractivity contribution in [3.8, 4) is 5.75 Å². The first kappa shape index (κ1) is 21.5. The first-order valence-electron chi connectivity index (χ1n) is 9.55. The van der Waals surface area contributed by atoms with Crippen molar-refractivity contribution in [2.24, 2.45) is 5.92 Å². The number of fused-ring (bicyclic) bond motifs is 1. The van der Waals surface area contributed by atoms with Gasteiger partial charge < -0.3 is 24.4 Å². The zero-order chi connectivity index (χ0) is 20.7. The lowest BCUT2D eigenvalue weighted by Gasteiger charge is -2.25. The number of rotatable bonds is 10. The van der Waals surface area contributed by atoms with Crippen LogP contribution in [0, 0.1) is 5.92 Å². The van der Waals surface area contributed by atoms with E-state index in [1.54, 1.807) is 25.1 Å². The van der Waals surface area contributed by atoms with Crippen LogP contribution in [0.25, 0.3) is 11.0 Å². The maximum Gasteiger partial charge on any atom is 0.336 e. The van der Waals surface area contributed by atoms with Gasteiger partial charge in [0, 0.05) is 17.5 Å². The molecule has 2 atom stereocenters. The molecule has 28 heavy (non-hydrogen) atoms. The smallest absolute Gasteiger partial charge is 0.336 e. The third-order valence-electron chi connectivity index (χ3n) is 4.75. The average molecular weight is 388 g/mol. The summed E-state index contributed by atoms with van der Waals surface area (Å²) in [5.41, 5.74) is 0.880. The van der Waals surface area contributed by atoms with Crippen LogP contribution in [-0.2, 0) is 16.0 Å². The number of ether oxygens (including phenoxy) is 1. The molecule has 0 radical (unpaired) electrons. The number of hydrogen-bond donors (Lipinski definition) is 1. The molecule has 152 valence electrons. The minimum absolute atomic E-state index is 0.259. The van der Waals surface area contributed by atoms with E-state index in [1.807, 2.05) is 6.92 Å². The quantitative estimate of drug-likeness (QED) is 0.622. The Balaban J connectivity index is 2.09. The molecule has 7 nitrogen and oxygen atoms in total. The largest absolute Gasteiger partial charge is 0.548 e. The molecule has 7 heteroatoms. The topological polar surface area (TPSA) is 109 Å². The van der Waals surface area contributed by atoms with E-state index >= 15 is 0 Å². The number of benzene rings is 1. The molecular formula is C21H26NO6-. The van der Waals surface area contributed by atoms with E-state index in [1.165, 1.54) is 6.07 Å². The minimum Gasteiger partial charge on any atom is -0.548 e. The predicted octanol–water partition coefficient (Wildman–Crippen LogP) is 1.80. The fourth-order valence-electron chi connectivity index (χ4n) is 2.91. The Morgan fingerprint density at radius 2 is 2.00 bits per heavy atom. The summed E-state index contributed by atoms with van der Waals surface area (Å²) in [6.07, 6.45) is 3.35. The van der Waals surface area contributed by atoms with Gasteiger partial charge in [0.1, 0.15) is 11.3 Å². The second-order valence-corrected chi connectivity index (χ2v) is 6.89. The van der Waals surface area contributed by atoms with Crippen molar-refractivity contribution in [2.75, 3.05) is 6.61 Å². The van der Waals surface area contributed by atoms with E-state index in [-0.39, 0.29) is 12.5 Å². The Morgan fingerprint density at radius 1 is 1.25 bits per heavy atom. The van der Waals surface area contributed by atoms with Crippen molar-refractivity contribution in [3.63, 3.8) is 0 Å². The highest BCUT2D eigenvalue weighted by Crippen LogP contribution is 2.23. The van der Waals surface area contributed by atoms with E-state index in [9.17, 15) is 19.5 Å². The lowest BCUT2D eigenvalue weighted by Crippen LogP contribution is -2.52. The third kappa shape index (κ3) is 5.58. The Bertz CT molecular complexity index is 888. The van der Waals surface area contributed by atoms with Crippen LogP contribution in [-0.4, -0.2) is 24.5 Å². The molecule has 2 aromatic rings. The van der Waals surface area contributed by atoms with Crippen molar-refractivity contribution < 1.29 is 23.8 Å². The molecule has 1 amide bonds. The van der Waals surface area contributed by atoms with Crippen LogP contribution < -0.4 is 20.8 Å². The Labute approximate surface area is 163 Å². The summed E-state index contributed by atoms with van der Waals surface area (Å²) in [7, 11) is 0. The van der Waals surface area contributed by atoms with E-state index in [4.69, 9.17) is 9.15 Å². The van der Waals surface area contributed by atoms with Gasteiger partial charge in [-0.05, 0) is 36.5 Å². The fraction of sp³-hybridized carbons (Fsp3) is 0.476. The zero-order valence-electron chi connectivity index (χ0n) is 16.4. The van der Waals surface area contributed by atoms with Crippen LogP contribution in [0.15, 0.2) is 33.5 Å². The molecule has 0 fully saturated rings. The maximum atomic E-state index is 12.0. The van der Waals surface area contributed by atoms with Crippen molar-refractivity contribution in [1.29, 1.82) is 0 Å². The monoisotopic (exact) mass is 388 g/mol. The van der Waals surface area contributed by atoms with Crippen LogP contribution in [0.2, 0.25) is 0 Å². The number of carboxylic acid groups (broad SMARTS) is 1. The molecule has 0 bridgehead atoms. The number of aryl methyl sites for hydroxylation is 1. The van der Waals surface area contributed by atoms with Gasteiger partial charge in [-0.3, -0.25) is 4.79 Å².